The van der Waals surface area contributed by atoms with E-state index in [0.717, 1.165) is 25.8 Å². The molecule has 1 aliphatic heterocycles. The van der Waals surface area contributed by atoms with Crippen molar-refractivity contribution >= 4 is 17.8 Å². The fourth-order valence-electron chi connectivity index (χ4n) is 3.96. The van der Waals surface area contributed by atoms with Gasteiger partial charge in [0.15, 0.2) is 0 Å². The van der Waals surface area contributed by atoms with Crippen LogP contribution in [0.15, 0.2) is 11.6 Å². The standard InChI is InChI=1S/C24H43N3O4/c1-10-31-23(30)17(4)15-19(16(2)3)27(9)22(29)20(24(5,6)7)25-21(28)18-13-11-12-14-26(18)8/h15-16,18-20H,10-14H2,1-9H3,(H,25,28)/b17-15+/t18?,19-,20-/m1/s1. The second-order valence-corrected chi connectivity index (χ2v) is 10.1. The quantitative estimate of drug-likeness (QED) is 0.466. The maximum atomic E-state index is 13.6. The molecule has 1 heterocycles. The number of rotatable bonds is 8. The van der Waals surface area contributed by atoms with E-state index in [1.807, 2.05) is 41.7 Å². The molecule has 1 fully saturated rings. The molecule has 0 bridgehead atoms. The molecule has 0 spiro atoms. The molecule has 0 aromatic rings. The largest absolute Gasteiger partial charge is 0.463 e. The summed E-state index contributed by atoms with van der Waals surface area (Å²) in [6, 6.07) is -1.17. The van der Waals surface area contributed by atoms with Gasteiger partial charge >= 0.3 is 5.97 Å². The Balaban J connectivity index is 3.10. The number of nitrogens with one attached hydrogen (secondary N) is 1. The van der Waals surface area contributed by atoms with Crippen LogP contribution in [0.1, 0.15) is 67.7 Å². The van der Waals surface area contributed by atoms with Crippen LogP contribution in [0.2, 0.25) is 0 Å². The lowest BCUT2D eigenvalue weighted by atomic mass is 9.84. The second-order valence-electron chi connectivity index (χ2n) is 10.1. The fraction of sp³-hybridized carbons (Fsp3) is 0.792. The molecule has 1 saturated heterocycles. The van der Waals surface area contributed by atoms with Crippen molar-refractivity contribution in [2.75, 3.05) is 27.2 Å². The molecule has 0 aliphatic carbocycles. The predicted octanol–water partition coefficient (Wildman–Crippen LogP) is 2.99. The van der Waals surface area contributed by atoms with Crippen LogP contribution in [-0.4, -0.2) is 73.0 Å². The number of ether oxygens (including phenoxy) is 1. The van der Waals surface area contributed by atoms with E-state index in [4.69, 9.17) is 4.74 Å². The minimum Gasteiger partial charge on any atom is -0.463 e. The van der Waals surface area contributed by atoms with E-state index in [1.54, 1.807) is 31.9 Å². The van der Waals surface area contributed by atoms with Crippen molar-refractivity contribution in [1.82, 2.24) is 15.1 Å². The molecule has 0 saturated carbocycles. The molecule has 2 amide bonds. The maximum Gasteiger partial charge on any atom is 0.333 e. The van der Waals surface area contributed by atoms with Gasteiger partial charge in [-0.25, -0.2) is 4.79 Å². The van der Waals surface area contributed by atoms with E-state index in [9.17, 15) is 14.4 Å². The van der Waals surface area contributed by atoms with Crippen LogP contribution in [0.5, 0.6) is 0 Å². The third kappa shape index (κ3) is 7.63. The lowest BCUT2D eigenvalue weighted by Gasteiger charge is -2.39. The number of carbonyl (C=O) groups is 3. The molecule has 1 unspecified atom stereocenters. The van der Waals surface area contributed by atoms with Crippen molar-refractivity contribution in [2.45, 2.75) is 85.9 Å². The summed E-state index contributed by atoms with van der Waals surface area (Å²) in [7, 11) is 3.70. The van der Waals surface area contributed by atoms with E-state index in [-0.39, 0.29) is 35.8 Å². The van der Waals surface area contributed by atoms with E-state index >= 15 is 0 Å². The van der Waals surface area contributed by atoms with Gasteiger partial charge in [-0.3, -0.25) is 14.5 Å². The molecular weight excluding hydrogens is 394 g/mol. The molecule has 7 nitrogen and oxygen atoms in total. The monoisotopic (exact) mass is 437 g/mol. The highest BCUT2D eigenvalue weighted by molar-refractivity contribution is 5.91. The highest BCUT2D eigenvalue weighted by Crippen LogP contribution is 2.25. The van der Waals surface area contributed by atoms with Crippen LogP contribution in [0.3, 0.4) is 0 Å². The zero-order valence-corrected chi connectivity index (χ0v) is 20.9. The Morgan fingerprint density at radius 3 is 2.32 bits per heavy atom. The Morgan fingerprint density at radius 2 is 1.84 bits per heavy atom. The van der Waals surface area contributed by atoms with Gasteiger partial charge in [0.2, 0.25) is 11.8 Å². The van der Waals surface area contributed by atoms with Crippen LogP contribution in [0, 0.1) is 11.3 Å². The Kier molecular flexibility index (Phi) is 10.2. The molecular formula is C24H43N3O4. The van der Waals surface area contributed by atoms with E-state index in [1.165, 1.54) is 0 Å². The first-order valence-corrected chi connectivity index (χ1v) is 11.4. The molecule has 0 radical (unpaired) electrons. The Bertz CT molecular complexity index is 666. The zero-order valence-electron chi connectivity index (χ0n) is 20.9. The lowest BCUT2D eigenvalue weighted by molar-refractivity contribution is -0.141. The highest BCUT2D eigenvalue weighted by atomic mass is 16.5. The SMILES string of the molecule is CCOC(=O)/C(C)=C/[C@H](C(C)C)N(C)C(=O)[C@@H](NC(=O)C1CCCCN1C)C(C)(C)C. The van der Waals surface area contributed by atoms with Crippen molar-refractivity contribution in [3.05, 3.63) is 11.6 Å². The normalized spacial score (nSPS) is 20.2. The van der Waals surface area contributed by atoms with E-state index < -0.39 is 11.5 Å². The summed E-state index contributed by atoms with van der Waals surface area (Å²) >= 11 is 0. The first kappa shape index (κ1) is 27.1. The van der Waals surface area contributed by atoms with Gasteiger partial charge < -0.3 is 15.0 Å². The molecule has 31 heavy (non-hydrogen) atoms. The van der Waals surface area contributed by atoms with E-state index in [2.05, 4.69) is 10.2 Å². The smallest absolute Gasteiger partial charge is 0.333 e. The number of nitrogens with zero attached hydrogens (tertiary/aromatic N) is 2. The van der Waals surface area contributed by atoms with Gasteiger partial charge in [0, 0.05) is 12.6 Å². The summed E-state index contributed by atoms with van der Waals surface area (Å²) in [5.41, 5.74) is 0.00994. The van der Waals surface area contributed by atoms with Gasteiger partial charge in [-0.1, -0.05) is 47.1 Å². The fourth-order valence-corrected chi connectivity index (χ4v) is 3.96. The summed E-state index contributed by atoms with van der Waals surface area (Å²) < 4.78 is 5.08. The number of hydrogen-bond acceptors (Lipinski definition) is 5. The Morgan fingerprint density at radius 1 is 1.23 bits per heavy atom. The number of piperidine rings is 1. The molecule has 0 aromatic carbocycles. The van der Waals surface area contributed by atoms with Crippen molar-refractivity contribution in [3.63, 3.8) is 0 Å². The van der Waals surface area contributed by atoms with Gasteiger partial charge in [0.05, 0.1) is 18.7 Å². The van der Waals surface area contributed by atoms with Crippen molar-refractivity contribution < 1.29 is 19.1 Å². The molecule has 1 N–H and O–H groups in total. The minimum absolute atomic E-state index is 0.0825. The topological polar surface area (TPSA) is 79.0 Å². The third-order valence-corrected chi connectivity index (χ3v) is 5.97. The second kappa shape index (κ2) is 11.7. The zero-order chi connectivity index (χ0) is 23.9. The lowest BCUT2D eigenvalue weighted by Crippen LogP contribution is -2.59. The van der Waals surface area contributed by atoms with Crippen LogP contribution < -0.4 is 5.32 Å². The van der Waals surface area contributed by atoms with Gasteiger partial charge in [0.1, 0.15) is 6.04 Å². The number of esters is 1. The number of carbonyl (C=O) groups excluding carboxylic acids is 3. The van der Waals surface area contributed by atoms with Gasteiger partial charge in [-0.2, -0.15) is 0 Å². The number of likely N-dealkylation sites (tertiary alicyclic amines) is 1. The van der Waals surface area contributed by atoms with Crippen LogP contribution in [-0.2, 0) is 19.1 Å². The van der Waals surface area contributed by atoms with Crippen LogP contribution >= 0.6 is 0 Å². The number of amides is 2. The van der Waals surface area contributed by atoms with Crippen LogP contribution in [0.25, 0.3) is 0 Å². The highest BCUT2D eigenvalue weighted by Gasteiger charge is 2.39. The Hall–Kier alpha value is -1.89. The first-order chi connectivity index (χ1) is 14.3. The average Bonchev–Trinajstić information content (AvgIpc) is 2.68. The Labute approximate surface area is 188 Å². The van der Waals surface area contributed by atoms with E-state index in [0.29, 0.717) is 12.2 Å². The van der Waals surface area contributed by atoms with Crippen molar-refractivity contribution in [3.8, 4) is 0 Å². The predicted molar refractivity (Wildman–Crippen MR) is 123 cm³/mol. The summed E-state index contributed by atoms with van der Waals surface area (Å²) in [5, 5.41) is 3.04. The maximum absolute atomic E-state index is 13.6. The molecule has 178 valence electrons. The van der Waals surface area contributed by atoms with Crippen LogP contribution in [0.4, 0.5) is 0 Å². The van der Waals surface area contributed by atoms with Gasteiger partial charge in [0.25, 0.3) is 0 Å². The number of likely N-dealkylation sites (N-methyl/N-ethyl adjacent to an activating group) is 2. The number of hydrogen-bond donors (Lipinski definition) is 1. The van der Waals surface area contributed by atoms with Crippen molar-refractivity contribution in [2.24, 2.45) is 11.3 Å². The molecule has 1 aliphatic rings. The van der Waals surface area contributed by atoms with Gasteiger partial charge in [-0.05, 0) is 51.6 Å². The third-order valence-electron chi connectivity index (χ3n) is 5.97. The molecule has 3 atom stereocenters. The first-order valence-electron chi connectivity index (χ1n) is 11.4. The summed E-state index contributed by atoms with van der Waals surface area (Å²) in [6.07, 6.45) is 4.70. The summed E-state index contributed by atoms with van der Waals surface area (Å²) in [4.78, 5) is 42.4. The minimum atomic E-state index is -0.669. The molecule has 7 heteroatoms. The molecule has 1 rings (SSSR count). The average molecular weight is 438 g/mol. The van der Waals surface area contributed by atoms with Crippen molar-refractivity contribution in [1.29, 1.82) is 0 Å². The summed E-state index contributed by atoms with van der Waals surface area (Å²) in [6.45, 7) is 14.5. The van der Waals surface area contributed by atoms with Gasteiger partial charge in [-0.15, -0.1) is 0 Å². The molecule has 0 aromatic heterocycles. The summed E-state index contributed by atoms with van der Waals surface area (Å²) in [5.74, 6) is -0.553.